The molecule has 5 nitrogen and oxygen atoms in total. The number of anilines is 1. The van der Waals surface area contributed by atoms with Gasteiger partial charge in [0.1, 0.15) is 11.5 Å². The zero-order valence-corrected chi connectivity index (χ0v) is 10.1. The van der Waals surface area contributed by atoms with Gasteiger partial charge in [0, 0.05) is 13.2 Å². The van der Waals surface area contributed by atoms with Crippen LogP contribution in [0.3, 0.4) is 0 Å². The lowest BCUT2D eigenvalue weighted by molar-refractivity contribution is 0.0697. The summed E-state index contributed by atoms with van der Waals surface area (Å²) in [5.41, 5.74) is 0.142. The number of aryl methyl sites for hydroxylation is 1. The number of benzene rings is 1. The zero-order chi connectivity index (χ0) is 14.0. The SMILES string of the molecule is Cn1cccc1C(=O)Nc1ccc(F)cc1C(=O)O. The molecule has 1 heterocycles. The lowest BCUT2D eigenvalue weighted by Gasteiger charge is -2.09. The number of nitrogens with zero attached hydrogens (tertiary/aromatic N) is 1. The number of carboxylic acid groups (broad SMARTS) is 1. The summed E-state index contributed by atoms with van der Waals surface area (Å²) in [4.78, 5) is 22.9. The van der Waals surface area contributed by atoms with Crippen molar-refractivity contribution in [1.82, 2.24) is 4.57 Å². The highest BCUT2D eigenvalue weighted by Crippen LogP contribution is 2.18. The predicted molar refractivity (Wildman–Crippen MR) is 66.7 cm³/mol. The molecule has 1 aromatic carbocycles. The molecule has 2 rings (SSSR count). The van der Waals surface area contributed by atoms with Gasteiger partial charge in [-0.15, -0.1) is 0 Å². The fourth-order valence-corrected chi connectivity index (χ4v) is 1.69. The third kappa shape index (κ3) is 2.62. The molecule has 0 aliphatic heterocycles. The van der Waals surface area contributed by atoms with Gasteiger partial charge in [-0.05, 0) is 30.3 Å². The number of aromatic carboxylic acids is 1. The van der Waals surface area contributed by atoms with Gasteiger partial charge in [-0.25, -0.2) is 9.18 Å². The van der Waals surface area contributed by atoms with Crippen molar-refractivity contribution in [2.24, 2.45) is 7.05 Å². The average molecular weight is 262 g/mol. The van der Waals surface area contributed by atoms with E-state index in [0.29, 0.717) is 5.69 Å². The molecule has 2 N–H and O–H groups in total. The first-order chi connectivity index (χ1) is 8.99. The Morgan fingerprint density at radius 2 is 2.05 bits per heavy atom. The summed E-state index contributed by atoms with van der Waals surface area (Å²) >= 11 is 0. The van der Waals surface area contributed by atoms with Crippen molar-refractivity contribution >= 4 is 17.6 Å². The number of hydrogen-bond acceptors (Lipinski definition) is 2. The van der Waals surface area contributed by atoms with E-state index in [1.807, 2.05) is 0 Å². The smallest absolute Gasteiger partial charge is 0.337 e. The van der Waals surface area contributed by atoms with Gasteiger partial charge in [0.25, 0.3) is 5.91 Å². The minimum absolute atomic E-state index is 0.0556. The van der Waals surface area contributed by atoms with Crippen LogP contribution in [0.5, 0.6) is 0 Å². The number of aromatic nitrogens is 1. The number of amides is 1. The van der Waals surface area contributed by atoms with Crippen LogP contribution in [0, 0.1) is 5.82 Å². The van der Waals surface area contributed by atoms with Gasteiger partial charge in [0.05, 0.1) is 11.3 Å². The number of nitrogens with one attached hydrogen (secondary N) is 1. The number of carboxylic acids is 1. The molecule has 1 aromatic heterocycles. The highest BCUT2D eigenvalue weighted by molar-refractivity contribution is 6.06. The number of carbonyl (C=O) groups excluding carboxylic acids is 1. The molecule has 98 valence electrons. The van der Waals surface area contributed by atoms with Crippen LogP contribution in [-0.2, 0) is 7.05 Å². The highest BCUT2D eigenvalue weighted by atomic mass is 19.1. The molecule has 19 heavy (non-hydrogen) atoms. The highest BCUT2D eigenvalue weighted by Gasteiger charge is 2.15. The summed E-state index contributed by atoms with van der Waals surface area (Å²) in [5.74, 6) is -2.43. The fourth-order valence-electron chi connectivity index (χ4n) is 1.69. The Morgan fingerprint density at radius 1 is 1.32 bits per heavy atom. The number of hydrogen-bond donors (Lipinski definition) is 2. The van der Waals surface area contributed by atoms with E-state index in [9.17, 15) is 14.0 Å². The van der Waals surface area contributed by atoms with Crippen LogP contribution in [0.25, 0.3) is 0 Å². The number of halogens is 1. The lowest BCUT2D eigenvalue weighted by atomic mass is 10.1. The van der Waals surface area contributed by atoms with Crippen LogP contribution in [0.2, 0.25) is 0 Å². The molecule has 0 spiro atoms. The Balaban J connectivity index is 2.32. The molecule has 0 atom stereocenters. The van der Waals surface area contributed by atoms with Crippen LogP contribution in [0.1, 0.15) is 20.8 Å². The summed E-state index contributed by atoms with van der Waals surface area (Å²) in [5, 5.41) is 11.4. The largest absolute Gasteiger partial charge is 0.478 e. The third-order valence-corrected chi connectivity index (χ3v) is 2.64. The number of rotatable bonds is 3. The van der Waals surface area contributed by atoms with E-state index in [2.05, 4.69) is 5.32 Å². The second-order valence-electron chi connectivity index (χ2n) is 3.95. The molecular weight excluding hydrogens is 251 g/mol. The van der Waals surface area contributed by atoms with Crippen LogP contribution < -0.4 is 5.32 Å². The van der Waals surface area contributed by atoms with Gasteiger partial charge in [0.15, 0.2) is 0 Å². The monoisotopic (exact) mass is 262 g/mol. The molecule has 0 radical (unpaired) electrons. The summed E-state index contributed by atoms with van der Waals surface area (Å²) < 4.78 is 14.6. The normalized spacial score (nSPS) is 10.2. The van der Waals surface area contributed by atoms with E-state index >= 15 is 0 Å². The second kappa shape index (κ2) is 4.93. The van der Waals surface area contributed by atoms with Gasteiger partial charge in [-0.2, -0.15) is 0 Å². The maximum Gasteiger partial charge on any atom is 0.337 e. The first-order valence-corrected chi connectivity index (χ1v) is 5.44. The molecule has 1 amide bonds. The lowest BCUT2D eigenvalue weighted by Crippen LogP contribution is -2.17. The van der Waals surface area contributed by atoms with Crippen molar-refractivity contribution in [2.75, 3.05) is 5.32 Å². The van der Waals surface area contributed by atoms with Crippen molar-refractivity contribution in [1.29, 1.82) is 0 Å². The molecule has 0 saturated heterocycles. The fraction of sp³-hybridized carbons (Fsp3) is 0.0769. The average Bonchev–Trinajstić information content (AvgIpc) is 2.77. The summed E-state index contributed by atoms with van der Waals surface area (Å²) in [6.45, 7) is 0. The van der Waals surface area contributed by atoms with E-state index < -0.39 is 17.7 Å². The van der Waals surface area contributed by atoms with E-state index in [0.717, 1.165) is 12.1 Å². The summed E-state index contributed by atoms with van der Waals surface area (Å²) in [7, 11) is 1.69. The van der Waals surface area contributed by atoms with Gasteiger partial charge in [0.2, 0.25) is 0 Å². The van der Waals surface area contributed by atoms with E-state index in [1.165, 1.54) is 6.07 Å². The van der Waals surface area contributed by atoms with Gasteiger partial charge < -0.3 is 15.0 Å². The molecule has 0 fully saturated rings. The molecular formula is C13H11FN2O3. The van der Waals surface area contributed by atoms with Gasteiger partial charge >= 0.3 is 5.97 Å². The Labute approximate surface area is 108 Å². The standard InChI is InChI=1S/C13H11FN2O3/c1-16-6-2-3-11(16)12(17)15-10-5-4-8(14)7-9(10)13(18)19/h2-7H,1H3,(H,15,17)(H,18,19). The van der Waals surface area contributed by atoms with Crippen molar-refractivity contribution in [3.05, 3.63) is 53.6 Å². The maximum atomic E-state index is 13.0. The Kier molecular flexibility index (Phi) is 3.33. The first-order valence-electron chi connectivity index (χ1n) is 5.44. The van der Waals surface area contributed by atoms with Crippen LogP contribution in [-0.4, -0.2) is 21.6 Å². The summed E-state index contributed by atoms with van der Waals surface area (Å²) in [6.07, 6.45) is 1.69. The van der Waals surface area contributed by atoms with Crippen LogP contribution in [0.15, 0.2) is 36.5 Å². The van der Waals surface area contributed by atoms with E-state index in [-0.39, 0.29) is 11.3 Å². The van der Waals surface area contributed by atoms with E-state index in [4.69, 9.17) is 5.11 Å². The van der Waals surface area contributed by atoms with Crippen molar-refractivity contribution in [2.45, 2.75) is 0 Å². The van der Waals surface area contributed by atoms with Crippen molar-refractivity contribution < 1.29 is 19.1 Å². The predicted octanol–water partition coefficient (Wildman–Crippen LogP) is 2.11. The molecule has 0 unspecified atom stereocenters. The Bertz CT molecular complexity index is 649. The quantitative estimate of drug-likeness (QED) is 0.889. The Morgan fingerprint density at radius 3 is 2.63 bits per heavy atom. The van der Waals surface area contributed by atoms with Crippen molar-refractivity contribution in [3.63, 3.8) is 0 Å². The van der Waals surface area contributed by atoms with Crippen LogP contribution in [0.4, 0.5) is 10.1 Å². The minimum Gasteiger partial charge on any atom is -0.478 e. The van der Waals surface area contributed by atoms with E-state index in [1.54, 1.807) is 29.9 Å². The van der Waals surface area contributed by atoms with Gasteiger partial charge in [-0.1, -0.05) is 0 Å². The number of carbonyl (C=O) groups is 2. The van der Waals surface area contributed by atoms with Gasteiger partial charge in [-0.3, -0.25) is 4.79 Å². The molecule has 2 aromatic rings. The maximum absolute atomic E-state index is 13.0. The topological polar surface area (TPSA) is 71.3 Å². The minimum atomic E-state index is -1.30. The molecule has 0 aliphatic rings. The Hall–Kier alpha value is -2.63. The van der Waals surface area contributed by atoms with Crippen molar-refractivity contribution in [3.8, 4) is 0 Å². The summed E-state index contributed by atoms with van der Waals surface area (Å²) in [6, 6.07) is 6.46. The molecule has 6 heteroatoms. The molecule has 0 saturated carbocycles. The zero-order valence-electron chi connectivity index (χ0n) is 10.1. The second-order valence-corrected chi connectivity index (χ2v) is 3.95. The van der Waals surface area contributed by atoms with Crippen LogP contribution >= 0.6 is 0 Å². The molecule has 0 bridgehead atoms. The molecule has 0 aliphatic carbocycles. The first kappa shape index (κ1) is 12.8. The third-order valence-electron chi connectivity index (χ3n) is 2.64.